The largest absolute Gasteiger partial charge is 0.361 e. The molecule has 0 bridgehead atoms. The van der Waals surface area contributed by atoms with E-state index >= 15 is 0 Å². The highest BCUT2D eigenvalue weighted by molar-refractivity contribution is 5.44. The van der Waals surface area contributed by atoms with Gasteiger partial charge in [0.1, 0.15) is 18.0 Å². The van der Waals surface area contributed by atoms with Gasteiger partial charge in [0.25, 0.3) is 0 Å². The van der Waals surface area contributed by atoms with E-state index in [1.54, 1.807) is 12.5 Å². The number of hydrogen-bond donors (Lipinski definition) is 0. The maximum absolute atomic E-state index is 4.73. The van der Waals surface area contributed by atoms with Gasteiger partial charge in [-0.05, 0) is 19.8 Å². The van der Waals surface area contributed by atoms with Crippen molar-refractivity contribution >= 4 is 11.6 Å². The molecule has 6 heteroatoms. The summed E-state index contributed by atoms with van der Waals surface area (Å²) in [5, 5.41) is 0. The molecular formula is C15H20N6. The van der Waals surface area contributed by atoms with E-state index in [0.29, 0.717) is 0 Å². The Labute approximate surface area is 124 Å². The lowest BCUT2D eigenvalue weighted by Gasteiger charge is -2.25. The number of aromatic nitrogens is 4. The number of rotatable bonds is 3. The molecule has 1 aliphatic heterocycles. The molecule has 0 aromatic carbocycles. The highest BCUT2D eigenvalue weighted by Gasteiger charge is 2.28. The molecule has 0 radical (unpaired) electrons. The molecule has 0 aliphatic carbocycles. The minimum absolute atomic E-state index is 0.242. The molecule has 21 heavy (non-hydrogen) atoms. The Balaban J connectivity index is 1.92. The average molecular weight is 284 g/mol. The predicted molar refractivity (Wildman–Crippen MR) is 82.4 cm³/mol. The summed E-state index contributed by atoms with van der Waals surface area (Å²) in [7, 11) is 3.96. The molecule has 6 nitrogen and oxygen atoms in total. The van der Waals surface area contributed by atoms with Crippen LogP contribution in [0.2, 0.25) is 0 Å². The van der Waals surface area contributed by atoms with Crippen LogP contribution in [0.1, 0.15) is 30.3 Å². The van der Waals surface area contributed by atoms with Crippen molar-refractivity contribution in [3.8, 4) is 0 Å². The van der Waals surface area contributed by atoms with E-state index in [9.17, 15) is 0 Å². The lowest BCUT2D eigenvalue weighted by Crippen LogP contribution is -2.25. The van der Waals surface area contributed by atoms with E-state index in [-0.39, 0.29) is 6.04 Å². The van der Waals surface area contributed by atoms with E-state index in [1.165, 1.54) is 0 Å². The SMILES string of the molecule is Cc1cc(N2CCCC2c2cncc(N(C)C)n2)ncn1. The molecule has 3 heterocycles. The summed E-state index contributed by atoms with van der Waals surface area (Å²) in [5.74, 6) is 1.86. The maximum atomic E-state index is 4.73. The highest BCUT2D eigenvalue weighted by Crippen LogP contribution is 2.34. The van der Waals surface area contributed by atoms with Gasteiger partial charge >= 0.3 is 0 Å². The fourth-order valence-electron chi connectivity index (χ4n) is 2.69. The van der Waals surface area contributed by atoms with Crippen molar-refractivity contribution in [3.63, 3.8) is 0 Å². The molecule has 1 unspecified atom stereocenters. The van der Waals surface area contributed by atoms with E-state index in [0.717, 1.165) is 42.4 Å². The summed E-state index contributed by atoms with van der Waals surface area (Å²) >= 11 is 0. The second-order valence-electron chi connectivity index (χ2n) is 5.57. The van der Waals surface area contributed by atoms with Gasteiger partial charge in [0, 0.05) is 32.4 Å². The van der Waals surface area contributed by atoms with E-state index in [2.05, 4.69) is 19.9 Å². The number of aryl methyl sites for hydroxylation is 1. The summed E-state index contributed by atoms with van der Waals surface area (Å²) in [6.45, 7) is 2.98. The number of anilines is 2. The molecule has 110 valence electrons. The van der Waals surface area contributed by atoms with Gasteiger partial charge in [0.2, 0.25) is 0 Å². The first-order valence-corrected chi connectivity index (χ1v) is 7.19. The first kappa shape index (κ1) is 13.7. The fraction of sp³-hybridized carbons (Fsp3) is 0.467. The summed E-state index contributed by atoms with van der Waals surface area (Å²) in [5.41, 5.74) is 1.99. The topological polar surface area (TPSA) is 58.0 Å². The van der Waals surface area contributed by atoms with Crippen LogP contribution in [0.5, 0.6) is 0 Å². The van der Waals surface area contributed by atoms with Crippen LogP contribution in [0.3, 0.4) is 0 Å². The zero-order chi connectivity index (χ0) is 14.8. The van der Waals surface area contributed by atoms with Crippen molar-refractivity contribution in [1.29, 1.82) is 0 Å². The zero-order valence-electron chi connectivity index (χ0n) is 12.7. The predicted octanol–water partition coefficient (Wildman–Crippen LogP) is 1.98. The molecule has 2 aromatic heterocycles. The molecule has 1 saturated heterocycles. The van der Waals surface area contributed by atoms with E-state index < -0.39 is 0 Å². The molecule has 0 spiro atoms. The first-order valence-electron chi connectivity index (χ1n) is 7.19. The van der Waals surface area contributed by atoms with Crippen molar-refractivity contribution < 1.29 is 0 Å². The smallest absolute Gasteiger partial charge is 0.146 e. The number of nitrogens with zero attached hydrogens (tertiary/aromatic N) is 6. The third-order valence-electron chi connectivity index (χ3n) is 3.78. The van der Waals surface area contributed by atoms with Gasteiger partial charge in [0.15, 0.2) is 0 Å². The lowest BCUT2D eigenvalue weighted by atomic mass is 10.1. The third kappa shape index (κ3) is 2.79. The molecule has 0 N–H and O–H groups in total. The van der Waals surface area contributed by atoms with E-state index in [1.807, 2.05) is 38.2 Å². The van der Waals surface area contributed by atoms with Gasteiger partial charge in [-0.15, -0.1) is 0 Å². The first-order chi connectivity index (χ1) is 10.1. The maximum Gasteiger partial charge on any atom is 0.146 e. The van der Waals surface area contributed by atoms with E-state index in [4.69, 9.17) is 4.98 Å². The summed E-state index contributed by atoms with van der Waals surface area (Å²) in [4.78, 5) is 21.9. The van der Waals surface area contributed by atoms with Crippen LogP contribution < -0.4 is 9.80 Å². The molecular weight excluding hydrogens is 264 g/mol. The fourth-order valence-corrected chi connectivity index (χ4v) is 2.69. The van der Waals surface area contributed by atoms with Crippen molar-refractivity contribution in [2.45, 2.75) is 25.8 Å². The molecule has 1 fully saturated rings. The highest BCUT2D eigenvalue weighted by atomic mass is 15.2. The minimum Gasteiger partial charge on any atom is -0.361 e. The van der Waals surface area contributed by atoms with Gasteiger partial charge in [-0.1, -0.05) is 0 Å². The quantitative estimate of drug-likeness (QED) is 0.859. The van der Waals surface area contributed by atoms with Crippen LogP contribution in [0.15, 0.2) is 24.8 Å². The molecule has 0 amide bonds. The average Bonchev–Trinajstić information content (AvgIpc) is 2.97. The molecule has 2 aromatic rings. The van der Waals surface area contributed by atoms with Crippen molar-refractivity contribution in [2.75, 3.05) is 30.4 Å². The van der Waals surface area contributed by atoms with Crippen LogP contribution in [0.4, 0.5) is 11.6 Å². The summed E-state index contributed by atoms with van der Waals surface area (Å²) < 4.78 is 0. The minimum atomic E-state index is 0.242. The van der Waals surface area contributed by atoms with Crippen LogP contribution in [0.25, 0.3) is 0 Å². The normalized spacial score (nSPS) is 18.0. The van der Waals surface area contributed by atoms with Crippen molar-refractivity contribution in [3.05, 3.63) is 36.2 Å². The van der Waals surface area contributed by atoms with Gasteiger partial charge in [-0.2, -0.15) is 0 Å². The third-order valence-corrected chi connectivity index (χ3v) is 3.78. The lowest BCUT2D eigenvalue weighted by molar-refractivity contribution is 0.680. The molecule has 0 saturated carbocycles. The molecule has 1 atom stereocenters. The Morgan fingerprint density at radius 2 is 2.10 bits per heavy atom. The summed E-state index contributed by atoms with van der Waals surface area (Å²) in [6, 6.07) is 2.27. The second-order valence-corrected chi connectivity index (χ2v) is 5.57. The van der Waals surface area contributed by atoms with Crippen molar-refractivity contribution in [1.82, 2.24) is 19.9 Å². The van der Waals surface area contributed by atoms with Crippen molar-refractivity contribution in [2.24, 2.45) is 0 Å². The monoisotopic (exact) mass is 284 g/mol. The number of hydrogen-bond acceptors (Lipinski definition) is 6. The Kier molecular flexibility index (Phi) is 3.68. The van der Waals surface area contributed by atoms with Gasteiger partial charge < -0.3 is 9.80 Å². The van der Waals surface area contributed by atoms with Gasteiger partial charge in [-0.25, -0.2) is 15.0 Å². The molecule has 1 aliphatic rings. The Bertz CT molecular complexity index is 627. The zero-order valence-corrected chi connectivity index (χ0v) is 12.7. The summed E-state index contributed by atoms with van der Waals surface area (Å²) in [6.07, 6.45) is 7.50. The van der Waals surface area contributed by atoms with Gasteiger partial charge in [0.05, 0.1) is 24.1 Å². The Morgan fingerprint density at radius 1 is 1.24 bits per heavy atom. The second kappa shape index (κ2) is 5.63. The van der Waals surface area contributed by atoms with Gasteiger partial charge in [-0.3, -0.25) is 4.98 Å². The van der Waals surface area contributed by atoms with Crippen LogP contribution >= 0.6 is 0 Å². The van der Waals surface area contributed by atoms with Crippen LogP contribution in [-0.2, 0) is 0 Å². The Hall–Kier alpha value is -2.24. The standard InChI is InChI=1S/C15H20N6/c1-11-7-14(18-10-17-11)21-6-4-5-13(21)12-8-16-9-15(19-12)20(2)3/h7-10,13H,4-6H2,1-3H3. The molecule has 3 rings (SSSR count). The van der Waals surface area contributed by atoms with Crippen LogP contribution in [-0.4, -0.2) is 40.6 Å². The Morgan fingerprint density at radius 3 is 2.86 bits per heavy atom. The van der Waals surface area contributed by atoms with Crippen LogP contribution in [0, 0.1) is 6.92 Å².